The second-order valence-corrected chi connectivity index (χ2v) is 20.1. The van der Waals surface area contributed by atoms with Crippen molar-refractivity contribution in [1.82, 2.24) is 4.90 Å². The fourth-order valence-corrected chi connectivity index (χ4v) is 10.4. The summed E-state index contributed by atoms with van der Waals surface area (Å²) in [6.07, 6.45) is -8.06. The molecule has 0 saturated carbocycles. The van der Waals surface area contributed by atoms with Crippen LogP contribution in [0, 0.1) is 5.92 Å². The van der Waals surface area contributed by atoms with Gasteiger partial charge in [0.05, 0.1) is 76.1 Å². The van der Waals surface area contributed by atoms with Crippen LogP contribution in [0.2, 0.25) is 0 Å². The lowest BCUT2D eigenvalue weighted by atomic mass is 9.85. The summed E-state index contributed by atoms with van der Waals surface area (Å²) in [6.45, 7) is 5.56. The molecule has 0 N–H and O–H groups in total. The number of hydrogen-bond donors (Lipinski definition) is 0. The van der Waals surface area contributed by atoms with E-state index < -0.39 is 73.0 Å². The van der Waals surface area contributed by atoms with Gasteiger partial charge in [0.1, 0.15) is 42.7 Å². The van der Waals surface area contributed by atoms with Crippen molar-refractivity contribution in [3.8, 4) is 0 Å². The molecule has 0 spiro atoms. The Balaban J connectivity index is 1.08. The van der Waals surface area contributed by atoms with Crippen LogP contribution in [0.4, 0.5) is 0 Å². The first-order valence-corrected chi connectivity index (χ1v) is 26.7. The van der Waals surface area contributed by atoms with Gasteiger partial charge in [0.2, 0.25) is 0 Å². The number of fused-ring (bicyclic) bond motifs is 1. The van der Waals surface area contributed by atoms with Crippen LogP contribution < -0.4 is 0 Å². The number of carbonyl (C=O) groups excluding carboxylic acids is 2. The van der Waals surface area contributed by atoms with E-state index in [0.29, 0.717) is 17.7 Å². The molecular weight excluding hydrogens is 971 g/mol. The van der Waals surface area contributed by atoms with Crippen LogP contribution in [0.25, 0.3) is 0 Å². The number of nitrogens with zero attached hydrogens (tertiary/aromatic N) is 1. The molecule has 3 aliphatic heterocycles. The molecule has 3 heterocycles. The molecule has 0 aromatic heterocycles. The molecule has 0 radical (unpaired) electrons. The SMILES string of the molecule is CC(C)[C@@H]1OC(COCc2ccccc2)[C@@H](O[C@@H]2OC(COCc3ccccc3)[C@H](OCc3ccccc3)[C@@H](OCc3ccccc3)C2OCc2ccccc2)[C@H](OCc2ccccc2)C1N1C(=O)c2ccccc2C1=O. The van der Waals surface area contributed by atoms with Gasteiger partial charge in [-0.15, -0.1) is 0 Å². The molecule has 2 amide bonds. The maximum absolute atomic E-state index is 14.8. The normalized spacial score (nSPS) is 24.3. The topological polar surface area (TPSA) is 120 Å². The van der Waals surface area contributed by atoms with E-state index in [1.165, 1.54) is 4.90 Å². The number of imide groups is 1. The van der Waals surface area contributed by atoms with Gasteiger partial charge in [0.15, 0.2) is 6.29 Å². The summed E-state index contributed by atoms with van der Waals surface area (Å²) in [5.41, 5.74) is 6.33. The van der Waals surface area contributed by atoms with Crippen LogP contribution in [0.1, 0.15) is 67.9 Å². The van der Waals surface area contributed by atoms with Gasteiger partial charge >= 0.3 is 0 Å². The first kappa shape index (κ1) is 53.7. The van der Waals surface area contributed by atoms with E-state index in [-0.39, 0.29) is 52.2 Å². The van der Waals surface area contributed by atoms with E-state index in [4.69, 9.17) is 42.6 Å². The Morgan fingerprint density at radius 1 is 0.390 bits per heavy atom. The predicted octanol–water partition coefficient (Wildman–Crippen LogP) is 11.0. The molecule has 3 aliphatic rings. The van der Waals surface area contributed by atoms with Gasteiger partial charge in [-0.3, -0.25) is 14.5 Å². The lowest BCUT2D eigenvalue weighted by Crippen LogP contribution is -2.69. The summed E-state index contributed by atoms with van der Waals surface area (Å²) in [6, 6.07) is 65.5. The first-order chi connectivity index (χ1) is 37.9. The van der Waals surface area contributed by atoms with Crippen LogP contribution in [0.3, 0.4) is 0 Å². The van der Waals surface area contributed by atoms with Crippen molar-refractivity contribution in [3.63, 3.8) is 0 Å². The molecule has 2 fully saturated rings. The van der Waals surface area contributed by atoms with Gasteiger partial charge in [0, 0.05) is 0 Å². The molecule has 0 aliphatic carbocycles. The van der Waals surface area contributed by atoms with Gasteiger partial charge in [0.25, 0.3) is 11.8 Å². The van der Waals surface area contributed by atoms with E-state index in [1.54, 1.807) is 24.3 Å². The van der Waals surface area contributed by atoms with E-state index in [9.17, 15) is 9.59 Å². The Morgan fingerprint density at radius 2 is 0.727 bits per heavy atom. The quantitative estimate of drug-likeness (QED) is 0.0538. The average Bonchev–Trinajstić information content (AvgIpc) is 3.88. The number of carbonyl (C=O) groups is 2. The van der Waals surface area contributed by atoms with Crippen molar-refractivity contribution in [1.29, 1.82) is 0 Å². The third-order valence-electron chi connectivity index (χ3n) is 14.3. The van der Waals surface area contributed by atoms with Gasteiger partial charge in [-0.1, -0.05) is 208 Å². The highest BCUT2D eigenvalue weighted by molar-refractivity contribution is 6.21. The fourth-order valence-electron chi connectivity index (χ4n) is 10.4. The summed E-state index contributed by atoms with van der Waals surface area (Å²) in [5, 5.41) is 0. The van der Waals surface area contributed by atoms with Gasteiger partial charge in [-0.2, -0.15) is 0 Å². The molecule has 77 heavy (non-hydrogen) atoms. The van der Waals surface area contributed by atoms with E-state index in [2.05, 4.69) is 0 Å². The van der Waals surface area contributed by atoms with Crippen molar-refractivity contribution in [2.45, 2.75) is 115 Å². The highest BCUT2D eigenvalue weighted by Gasteiger charge is 2.58. The molecule has 0 bridgehead atoms. The van der Waals surface area contributed by atoms with Crippen molar-refractivity contribution >= 4 is 11.8 Å². The highest BCUT2D eigenvalue weighted by Crippen LogP contribution is 2.40. The van der Waals surface area contributed by atoms with Crippen molar-refractivity contribution in [2.75, 3.05) is 13.2 Å². The van der Waals surface area contributed by atoms with Crippen LogP contribution in [-0.4, -0.2) is 91.1 Å². The van der Waals surface area contributed by atoms with Crippen LogP contribution >= 0.6 is 0 Å². The number of amides is 2. The van der Waals surface area contributed by atoms with Crippen molar-refractivity contribution in [3.05, 3.63) is 251 Å². The number of ether oxygens (including phenoxy) is 9. The maximum atomic E-state index is 14.8. The Kier molecular flexibility index (Phi) is 18.5. The predicted molar refractivity (Wildman–Crippen MR) is 290 cm³/mol. The highest BCUT2D eigenvalue weighted by atomic mass is 16.7. The third-order valence-corrected chi connectivity index (χ3v) is 14.3. The summed E-state index contributed by atoms with van der Waals surface area (Å²) < 4.78 is 63.6. The van der Waals surface area contributed by atoms with Gasteiger partial charge in [-0.05, 0) is 51.4 Å². The van der Waals surface area contributed by atoms with Gasteiger partial charge < -0.3 is 42.6 Å². The number of rotatable bonds is 24. The molecule has 398 valence electrons. The first-order valence-electron chi connectivity index (χ1n) is 26.7. The minimum absolute atomic E-state index is 0.0610. The number of hydrogen-bond acceptors (Lipinski definition) is 11. The van der Waals surface area contributed by atoms with Crippen LogP contribution in [-0.2, 0) is 82.3 Å². The standard InChI is InChI=1S/C65H67NO11/c1-45(2)57-56(66-63(67)52-35-21-22-36-53(52)64(66)68)60(72-40-49-29-15-6-16-30-49)59(55(75-57)44-70-38-47-25-11-4-12-26-47)77-65-62(74-42-51-33-19-8-20-34-51)61(73-41-50-31-17-7-18-32-50)58(71-39-48-27-13-5-14-28-48)54(76-65)43-69-37-46-23-9-3-10-24-46/h3-36,45,54-62,65H,37-44H2,1-2H3/t54?,55?,56?,57-,58-,59+,60+,61+,62?,65-/m0/s1. The average molecular weight is 1040 g/mol. The number of benzene rings is 7. The lowest BCUT2D eigenvalue weighted by Gasteiger charge is -2.52. The van der Waals surface area contributed by atoms with Crippen LogP contribution in [0.15, 0.2) is 206 Å². The zero-order chi connectivity index (χ0) is 52.8. The smallest absolute Gasteiger partial charge is 0.261 e. The molecule has 12 nitrogen and oxygen atoms in total. The molecule has 4 unspecified atom stereocenters. The second kappa shape index (κ2) is 26.6. The molecule has 2 saturated heterocycles. The molecule has 12 heteroatoms. The zero-order valence-corrected chi connectivity index (χ0v) is 43.6. The summed E-state index contributed by atoms with van der Waals surface area (Å²) in [4.78, 5) is 30.9. The monoisotopic (exact) mass is 1040 g/mol. The summed E-state index contributed by atoms with van der Waals surface area (Å²) >= 11 is 0. The Morgan fingerprint density at radius 3 is 1.13 bits per heavy atom. The third kappa shape index (κ3) is 13.5. The minimum Gasteiger partial charge on any atom is -0.374 e. The Bertz CT molecular complexity index is 2860. The van der Waals surface area contributed by atoms with Crippen molar-refractivity contribution in [2.24, 2.45) is 5.92 Å². The van der Waals surface area contributed by atoms with Crippen molar-refractivity contribution < 1.29 is 52.2 Å². The zero-order valence-electron chi connectivity index (χ0n) is 43.6. The molecule has 10 atom stereocenters. The van der Waals surface area contributed by atoms with E-state index in [1.807, 2.05) is 196 Å². The Labute approximate surface area is 451 Å². The van der Waals surface area contributed by atoms with Gasteiger partial charge in [-0.25, -0.2) is 0 Å². The summed E-state index contributed by atoms with van der Waals surface area (Å²) in [5.74, 6) is -1.07. The largest absolute Gasteiger partial charge is 0.374 e. The molecular formula is C65H67NO11. The molecule has 7 aromatic carbocycles. The second-order valence-electron chi connectivity index (χ2n) is 20.1. The minimum atomic E-state index is -1.20. The van der Waals surface area contributed by atoms with Crippen LogP contribution in [0.5, 0.6) is 0 Å². The summed E-state index contributed by atoms with van der Waals surface area (Å²) in [7, 11) is 0. The maximum Gasteiger partial charge on any atom is 0.261 e. The Hall–Kier alpha value is -6.68. The van der Waals surface area contributed by atoms with E-state index >= 15 is 0 Å². The molecule has 10 rings (SSSR count). The lowest BCUT2D eigenvalue weighted by molar-refractivity contribution is -0.359. The molecule has 7 aromatic rings. The van der Waals surface area contributed by atoms with E-state index in [0.717, 1.165) is 33.4 Å². The fraction of sp³-hybridized carbons (Fsp3) is 0.323.